The number of rotatable bonds is 3. The summed E-state index contributed by atoms with van der Waals surface area (Å²) < 4.78 is 26.1. The first-order chi connectivity index (χ1) is 9.15. The predicted molar refractivity (Wildman–Crippen MR) is 75.7 cm³/mol. The average Bonchev–Trinajstić information content (AvgIpc) is 2.39. The van der Waals surface area contributed by atoms with Crippen molar-refractivity contribution in [3.05, 3.63) is 29.8 Å². The van der Waals surface area contributed by atoms with Gasteiger partial charge >= 0.3 is 0 Å². The second-order valence-electron chi connectivity index (χ2n) is 4.68. The van der Waals surface area contributed by atoms with Crippen LogP contribution in [-0.4, -0.2) is 11.2 Å². The first-order valence-corrected chi connectivity index (χ1v) is 6.83. The van der Waals surface area contributed by atoms with Gasteiger partial charge in [0.15, 0.2) is 10.9 Å². The summed E-state index contributed by atoms with van der Waals surface area (Å²) in [6.45, 7) is 0. The fourth-order valence-corrected chi connectivity index (χ4v) is 2.40. The van der Waals surface area contributed by atoms with Crippen molar-refractivity contribution in [2.45, 2.75) is 38.1 Å². The number of halogens is 2. The van der Waals surface area contributed by atoms with Crippen LogP contribution in [-0.2, 0) is 0 Å². The first kappa shape index (κ1) is 14.0. The lowest BCUT2D eigenvalue weighted by Crippen LogP contribution is -2.44. The molecule has 3 N–H and O–H groups in total. The fourth-order valence-electron chi connectivity index (χ4n) is 2.18. The van der Waals surface area contributed by atoms with E-state index < -0.39 is 11.6 Å². The van der Waals surface area contributed by atoms with Crippen LogP contribution < -0.4 is 16.2 Å². The molecule has 0 spiro atoms. The summed E-state index contributed by atoms with van der Waals surface area (Å²) in [6, 6.07) is 3.71. The van der Waals surface area contributed by atoms with E-state index in [0.29, 0.717) is 11.2 Å². The molecule has 19 heavy (non-hydrogen) atoms. The van der Waals surface area contributed by atoms with Crippen molar-refractivity contribution >= 4 is 23.0 Å². The lowest BCUT2D eigenvalue weighted by atomic mass is 9.96. The molecule has 0 radical (unpaired) electrons. The van der Waals surface area contributed by atoms with Crippen LogP contribution in [0, 0.1) is 11.6 Å². The third-order valence-corrected chi connectivity index (χ3v) is 3.40. The van der Waals surface area contributed by atoms with Crippen LogP contribution in [0.2, 0.25) is 0 Å². The van der Waals surface area contributed by atoms with E-state index in [1.54, 1.807) is 0 Å². The minimum absolute atomic E-state index is 0.161. The molecule has 1 saturated carbocycles. The molecule has 0 heterocycles. The van der Waals surface area contributed by atoms with Crippen molar-refractivity contribution in [1.29, 1.82) is 0 Å². The van der Waals surface area contributed by atoms with Crippen LogP contribution >= 0.6 is 12.2 Å². The highest BCUT2D eigenvalue weighted by Gasteiger charge is 2.13. The fraction of sp³-hybridized carbons (Fsp3) is 0.462. The van der Waals surface area contributed by atoms with E-state index in [4.69, 9.17) is 12.2 Å². The molecule has 0 atom stereocenters. The van der Waals surface area contributed by atoms with Crippen molar-refractivity contribution in [1.82, 2.24) is 10.7 Å². The Balaban J connectivity index is 1.79. The highest BCUT2D eigenvalue weighted by molar-refractivity contribution is 7.80. The second kappa shape index (κ2) is 6.65. The smallest absolute Gasteiger partial charge is 0.185 e. The summed E-state index contributed by atoms with van der Waals surface area (Å²) in [7, 11) is 0. The number of benzene rings is 1. The van der Waals surface area contributed by atoms with Crippen LogP contribution in [0.1, 0.15) is 32.1 Å². The molecule has 3 nitrogen and oxygen atoms in total. The quantitative estimate of drug-likeness (QED) is 0.589. The largest absolute Gasteiger partial charge is 0.359 e. The van der Waals surface area contributed by atoms with Crippen molar-refractivity contribution in [2.75, 3.05) is 5.43 Å². The van der Waals surface area contributed by atoms with Crippen LogP contribution in [0.3, 0.4) is 0 Å². The average molecular weight is 285 g/mol. The maximum Gasteiger partial charge on any atom is 0.185 e. The van der Waals surface area contributed by atoms with Gasteiger partial charge in [-0.2, -0.15) is 0 Å². The van der Waals surface area contributed by atoms with E-state index >= 15 is 0 Å². The van der Waals surface area contributed by atoms with Gasteiger partial charge in [-0.15, -0.1) is 0 Å². The molecule has 1 aliphatic rings. The van der Waals surface area contributed by atoms with Gasteiger partial charge in [0, 0.05) is 12.1 Å². The first-order valence-electron chi connectivity index (χ1n) is 6.43. The molecule has 0 saturated heterocycles. The lowest BCUT2D eigenvalue weighted by molar-refractivity contribution is 0.412. The summed E-state index contributed by atoms with van der Waals surface area (Å²) >= 11 is 5.12. The van der Waals surface area contributed by atoms with Gasteiger partial charge in [-0.1, -0.05) is 19.3 Å². The van der Waals surface area contributed by atoms with E-state index in [0.717, 1.165) is 18.9 Å². The SMILES string of the molecule is Fc1ccc(NNC(=S)NC2CCCCC2)c(F)c1. The zero-order chi connectivity index (χ0) is 13.7. The Morgan fingerprint density at radius 1 is 1.16 bits per heavy atom. The normalized spacial score (nSPS) is 15.9. The van der Waals surface area contributed by atoms with E-state index in [1.807, 2.05) is 0 Å². The van der Waals surface area contributed by atoms with E-state index in [1.165, 1.54) is 31.4 Å². The molecule has 0 aromatic heterocycles. The van der Waals surface area contributed by atoms with Gasteiger partial charge in [0.05, 0.1) is 5.69 Å². The van der Waals surface area contributed by atoms with Gasteiger partial charge in [-0.25, -0.2) is 8.78 Å². The maximum atomic E-state index is 13.4. The molecule has 0 bridgehead atoms. The van der Waals surface area contributed by atoms with Crippen LogP contribution in [0.4, 0.5) is 14.5 Å². The van der Waals surface area contributed by atoms with Crippen molar-refractivity contribution in [3.63, 3.8) is 0 Å². The number of hydrogen-bond acceptors (Lipinski definition) is 2. The minimum Gasteiger partial charge on any atom is -0.359 e. The summed E-state index contributed by atoms with van der Waals surface area (Å²) in [6.07, 6.45) is 5.90. The molecule has 0 amide bonds. The molecule has 2 rings (SSSR count). The number of hydrazine groups is 1. The summed E-state index contributed by atoms with van der Waals surface area (Å²) in [5.41, 5.74) is 5.51. The molecule has 0 unspecified atom stereocenters. The Morgan fingerprint density at radius 2 is 1.89 bits per heavy atom. The second-order valence-corrected chi connectivity index (χ2v) is 5.09. The zero-order valence-corrected chi connectivity index (χ0v) is 11.3. The van der Waals surface area contributed by atoms with E-state index in [-0.39, 0.29) is 5.69 Å². The Labute approximate surface area is 116 Å². The third-order valence-electron chi connectivity index (χ3n) is 3.18. The van der Waals surface area contributed by atoms with Gasteiger partial charge in [0.1, 0.15) is 5.82 Å². The molecule has 1 aromatic rings. The zero-order valence-electron chi connectivity index (χ0n) is 10.5. The van der Waals surface area contributed by atoms with Crippen LogP contribution in [0.5, 0.6) is 0 Å². The molecule has 104 valence electrons. The van der Waals surface area contributed by atoms with Crippen molar-refractivity contribution in [2.24, 2.45) is 0 Å². The molecular weight excluding hydrogens is 268 g/mol. The number of nitrogens with one attached hydrogen (secondary N) is 3. The summed E-state index contributed by atoms with van der Waals surface area (Å²) in [5.74, 6) is -1.26. The van der Waals surface area contributed by atoms with Crippen LogP contribution in [0.15, 0.2) is 18.2 Å². The maximum absolute atomic E-state index is 13.4. The Bertz CT molecular complexity index is 448. The number of anilines is 1. The standard InChI is InChI=1S/C13H17F2N3S/c14-9-6-7-12(11(15)8-9)17-18-13(19)16-10-4-2-1-3-5-10/h6-8,10,17H,1-5H2,(H2,16,18,19). The van der Waals surface area contributed by atoms with Gasteiger partial charge in [0.25, 0.3) is 0 Å². The monoisotopic (exact) mass is 285 g/mol. The van der Waals surface area contributed by atoms with Gasteiger partial charge in [0.2, 0.25) is 0 Å². The summed E-state index contributed by atoms with van der Waals surface area (Å²) in [4.78, 5) is 0. The van der Waals surface area contributed by atoms with Gasteiger partial charge < -0.3 is 5.32 Å². The molecule has 6 heteroatoms. The third kappa shape index (κ3) is 4.31. The van der Waals surface area contributed by atoms with Crippen molar-refractivity contribution < 1.29 is 8.78 Å². The number of thiocarbonyl (C=S) groups is 1. The molecule has 1 fully saturated rings. The summed E-state index contributed by atoms with van der Waals surface area (Å²) in [5, 5.41) is 3.61. The van der Waals surface area contributed by atoms with Gasteiger partial charge in [-0.3, -0.25) is 10.9 Å². The van der Waals surface area contributed by atoms with Crippen molar-refractivity contribution in [3.8, 4) is 0 Å². The van der Waals surface area contributed by atoms with Crippen LogP contribution in [0.25, 0.3) is 0 Å². The molecule has 1 aromatic carbocycles. The molecule has 0 aliphatic heterocycles. The Morgan fingerprint density at radius 3 is 2.58 bits per heavy atom. The van der Waals surface area contributed by atoms with E-state index in [2.05, 4.69) is 16.2 Å². The lowest BCUT2D eigenvalue weighted by Gasteiger charge is -2.24. The van der Waals surface area contributed by atoms with Gasteiger partial charge in [-0.05, 0) is 37.2 Å². The molecule has 1 aliphatic carbocycles. The predicted octanol–water partition coefficient (Wildman–Crippen LogP) is 3.09. The highest BCUT2D eigenvalue weighted by Crippen LogP contribution is 2.17. The molecular formula is C13H17F2N3S. The number of hydrogen-bond donors (Lipinski definition) is 3. The minimum atomic E-state index is -0.659. The van der Waals surface area contributed by atoms with E-state index in [9.17, 15) is 8.78 Å². The highest BCUT2D eigenvalue weighted by atomic mass is 32.1. The topological polar surface area (TPSA) is 36.1 Å². The Hall–Kier alpha value is -1.43. The Kier molecular flexibility index (Phi) is 4.90.